The van der Waals surface area contributed by atoms with Crippen molar-refractivity contribution in [2.75, 3.05) is 0 Å². The minimum Gasteiger partial charge on any atom is -0.321 e. The predicted octanol–water partition coefficient (Wildman–Crippen LogP) is 11.2. The summed E-state index contributed by atoms with van der Waals surface area (Å²) in [4.78, 5) is 16.0. The average molecular weight is 661 g/mol. The standard InChI is InChI=1S/C45H36N6/c1-4-16-34(17-5-1)49-40-25-13-10-22-37(40)46-43(49)31-28-32(44-47-38-23-11-14-26-41(38)50(44)35-18-6-2-7-19-35)30-33(29-31)45-48-39-24-12-15-27-42(39)51(45)36-20-8-3-9-21-36/h1-2,4-6,8,10-17,20-30,35H,3,7,9,18-19H2. The van der Waals surface area contributed by atoms with Crippen molar-refractivity contribution in [1.29, 1.82) is 0 Å². The summed E-state index contributed by atoms with van der Waals surface area (Å²) in [5.74, 6) is 2.76. The SMILES string of the molecule is C1=CC(n2c(-c3cc(-c4nc5ccccc5n4-c4ccccc4)cc(-c4nc5ccccc5n4C4CC=CCC4)c3)nc3ccccc32)=CCC1. The molecule has 0 amide bonds. The molecule has 2 aliphatic rings. The zero-order valence-electron chi connectivity index (χ0n) is 28.2. The lowest BCUT2D eigenvalue weighted by Gasteiger charge is -2.23. The molecule has 3 heterocycles. The minimum absolute atomic E-state index is 0.320. The van der Waals surface area contributed by atoms with Crippen LogP contribution >= 0.6 is 0 Å². The van der Waals surface area contributed by atoms with Crippen LogP contribution in [0.2, 0.25) is 0 Å². The van der Waals surface area contributed by atoms with E-state index >= 15 is 0 Å². The summed E-state index contributed by atoms with van der Waals surface area (Å²) in [7, 11) is 0. The molecule has 10 rings (SSSR count). The van der Waals surface area contributed by atoms with Crippen molar-refractivity contribution in [3.63, 3.8) is 0 Å². The summed E-state index contributed by atoms with van der Waals surface area (Å²) in [5.41, 5.74) is 11.6. The van der Waals surface area contributed by atoms with E-state index in [1.54, 1.807) is 0 Å². The number of para-hydroxylation sites is 7. The van der Waals surface area contributed by atoms with E-state index < -0.39 is 0 Å². The highest BCUT2D eigenvalue weighted by atomic mass is 15.1. The van der Waals surface area contributed by atoms with Crippen LogP contribution in [0.1, 0.15) is 38.1 Å². The number of nitrogens with zero attached hydrogens (tertiary/aromatic N) is 6. The largest absolute Gasteiger partial charge is 0.321 e. The van der Waals surface area contributed by atoms with Gasteiger partial charge in [0.1, 0.15) is 17.5 Å². The molecule has 5 aromatic carbocycles. The number of hydrogen-bond donors (Lipinski definition) is 0. The van der Waals surface area contributed by atoms with Gasteiger partial charge in [0.2, 0.25) is 0 Å². The van der Waals surface area contributed by atoms with Gasteiger partial charge >= 0.3 is 0 Å². The van der Waals surface area contributed by atoms with E-state index in [-0.39, 0.29) is 0 Å². The molecule has 51 heavy (non-hydrogen) atoms. The van der Waals surface area contributed by atoms with Gasteiger partial charge in [0.05, 0.1) is 33.1 Å². The molecule has 6 nitrogen and oxygen atoms in total. The third kappa shape index (κ3) is 5.06. The van der Waals surface area contributed by atoms with Crippen LogP contribution in [0.3, 0.4) is 0 Å². The maximum Gasteiger partial charge on any atom is 0.145 e. The van der Waals surface area contributed by atoms with Crippen molar-refractivity contribution in [1.82, 2.24) is 28.7 Å². The summed E-state index contributed by atoms with van der Waals surface area (Å²) < 4.78 is 7.09. The maximum atomic E-state index is 5.37. The molecule has 0 saturated heterocycles. The Morgan fingerprint density at radius 3 is 1.71 bits per heavy atom. The Balaban J connectivity index is 1.29. The Morgan fingerprint density at radius 1 is 0.490 bits per heavy atom. The Hall–Kier alpha value is -6.27. The minimum atomic E-state index is 0.320. The van der Waals surface area contributed by atoms with Gasteiger partial charge in [-0.25, -0.2) is 15.0 Å². The third-order valence-electron chi connectivity index (χ3n) is 10.3. The smallest absolute Gasteiger partial charge is 0.145 e. The van der Waals surface area contributed by atoms with Crippen LogP contribution in [0.5, 0.6) is 0 Å². The van der Waals surface area contributed by atoms with Crippen molar-refractivity contribution in [2.45, 2.75) is 38.1 Å². The molecule has 1 unspecified atom stereocenters. The van der Waals surface area contributed by atoms with Gasteiger partial charge in [-0.2, -0.15) is 0 Å². The molecule has 2 aliphatic carbocycles. The lowest BCUT2D eigenvalue weighted by atomic mass is 9.99. The van der Waals surface area contributed by atoms with Gasteiger partial charge in [0.25, 0.3) is 0 Å². The molecule has 0 N–H and O–H groups in total. The maximum absolute atomic E-state index is 5.37. The topological polar surface area (TPSA) is 53.5 Å². The zero-order chi connectivity index (χ0) is 33.7. The second kappa shape index (κ2) is 12.3. The molecular formula is C45H36N6. The molecule has 0 aliphatic heterocycles. The van der Waals surface area contributed by atoms with Crippen LogP contribution in [0.4, 0.5) is 0 Å². The van der Waals surface area contributed by atoms with Crippen LogP contribution in [0, 0.1) is 0 Å². The highest BCUT2D eigenvalue weighted by molar-refractivity contribution is 5.91. The van der Waals surface area contributed by atoms with Crippen molar-refractivity contribution >= 4 is 38.8 Å². The van der Waals surface area contributed by atoms with Gasteiger partial charge in [-0.1, -0.05) is 78.9 Å². The number of benzene rings is 5. The Kier molecular flexibility index (Phi) is 7.12. The van der Waals surface area contributed by atoms with E-state index in [1.807, 2.05) is 0 Å². The van der Waals surface area contributed by atoms with Gasteiger partial charge in [-0.3, -0.25) is 9.13 Å². The fraction of sp³-hybridized carbons (Fsp3) is 0.133. The van der Waals surface area contributed by atoms with E-state index in [0.29, 0.717) is 6.04 Å². The summed E-state index contributed by atoms with van der Waals surface area (Å²) in [6, 6.07) is 43.1. The van der Waals surface area contributed by atoms with E-state index in [1.165, 1.54) is 5.52 Å². The molecule has 6 heteroatoms. The second-order valence-corrected chi connectivity index (χ2v) is 13.5. The number of imidazole rings is 3. The quantitative estimate of drug-likeness (QED) is 0.167. The zero-order valence-corrected chi connectivity index (χ0v) is 28.2. The molecular weight excluding hydrogens is 625 g/mol. The highest BCUT2D eigenvalue weighted by Crippen LogP contribution is 2.40. The summed E-state index contributed by atoms with van der Waals surface area (Å²) in [6.07, 6.45) is 16.6. The van der Waals surface area contributed by atoms with Gasteiger partial charge in [-0.05, 0) is 105 Å². The normalized spacial score (nSPS) is 16.0. The summed E-state index contributed by atoms with van der Waals surface area (Å²) >= 11 is 0. The first-order chi connectivity index (χ1) is 25.3. The molecule has 0 saturated carbocycles. The number of fused-ring (bicyclic) bond motifs is 3. The monoisotopic (exact) mass is 660 g/mol. The van der Waals surface area contributed by atoms with Crippen LogP contribution < -0.4 is 0 Å². The average Bonchev–Trinajstić information content (AvgIpc) is 3.91. The van der Waals surface area contributed by atoms with E-state index in [0.717, 1.165) is 105 Å². The molecule has 3 aromatic heterocycles. The number of allylic oxidation sites excluding steroid dienone is 6. The third-order valence-corrected chi connectivity index (χ3v) is 10.3. The highest BCUT2D eigenvalue weighted by Gasteiger charge is 2.25. The Bertz CT molecular complexity index is 2680. The lowest BCUT2D eigenvalue weighted by molar-refractivity contribution is 0.476. The lowest BCUT2D eigenvalue weighted by Crippen LogP contribution is -2.12. The molecule has 0 spiro atoms. The van der Waals surface area contributed by atoms with Crippen molar-refractivity contribution in [2.24, 2.45) is 0 Å². The second-order valence-electron chi connectivity index (χ2n) is 13.5. The van der Waals surface area contributed by atoms with Crippen LogP contribution in [0.15, 0.2) is 152 Å². The first-order valence-electron chi connectivity index (χ1n) is 18.0. The van der Waals surface area contributed by atoms with Crippen LogP contribution in [-0.4, -0.2) is 28.7 Å². The molecule has 1 atom stereocenters. The predicted molar refractivity (Wildman–Crippen MR) is 209 cm³/mol. The van der Waals surface area contributed by atoms with Crippen molar-refractivity contribution < 1.29 is 0 Å². The van der Waals surface area contributed by atoms with Crippen LogP contribution in [0.25, 0.3) is 78.6 Å². The molecule has 0 bridgehead atoms. The molecule has 246 valence electrons. The van der Waals surface area contributed by atoms with E-state index in [2.05, 4.69) is 165 Å². The Morgan fingerprint density at radius 2 is 1.06 bits per heavy atom. The fourth-order valence-electron chi connectivity index (χ4n) is 7.95. The van der Waals surface area contributed by atoms with Gasteiger partial charge in [0, 0.05) is 34.1 Å². The van der Waals surface area contributed by atoms with E-state index in [4.69, 9.17) is 15.0 Å². The summed E-state index contributed by atoms with van der Waals surface area (Å²) in [5, 5.41) is 0. The summed E-state index contributed by atoms with van der Waals surface area (Å²) in [6.45, 7) is 0. The van der Waals surface area contributed by atoms with Gasteiger partial charge < -0.3 is 4.57 Å². The fourth-order valence-corrected chi connectivity index (χ4v) is 7.95. The van der Waals surface area contributed by atoms with Crippen molar-refractivity contribution in [3.8, 4) is 39.9 Å². The van der Waals surface area contributed by atoms with Gasteiger partial charge in [-0.15, -0.1) is 0 Å². The number of rotatable bonds is 6. The first-order valence-corrected chi connectivity index (χ1v) is 18.0. The van der Waals surface area contributed by atoms with Crippen LogP contribution in [-0.2, 0) is 0 Å². The first kappa shape index (κ1) is 29.6. The van der Waals surface area contributed by atoms with Gasteiger partial charge in [0.15, 0.2) is 0 Å². The van der Waals surface area contributed by atoms with E-state index in [9.17, 15) is 0 Å². The number of hydrogen-bond acceptors (Lipinski definition) is 3. The number of aromatic nitrogens is 6. The molecule has 8 aromatic rings. The Labute approximate surface area is 296 Å². The molecule has 0 fully saturated rings. The molecule has 0 radical (unpaired) electrons. The van der Waals surface area contributed by atoms with Crippen molar-refractivity contribution in [3.05, 3.63) is 152 Å².